The summed E-state index contributed by atoms with van der Waals surface area (Å²) >= 11 is 12.3. The maximum Gasteiger partial charge on any atom is 0.254 e. The standard InChI is InChI=1S/C27H29Cl2N5O3/c1-18(2)34(27(36)19-4-7-21(37-3)8-5-19)17-26(35)33-14-12-32(13-15-33)25-11-10-24(30-31-25)22-9-6-20(28)16-23(22)29/h4-11,16,18H,12-15,17H2,1-3H3. The molecule has 10 heteroatoms. The van der Waals surface area contributed by atoms with Crippen LogP contribution in [-0.4, -0.2) is 77.7 Å². The van der Waals surface area contributed by atoms with Crippen molar-refractivity contribution < 1.29 is 14.3 Å². The zero-order valence-corrected chi connectivity index (χ0v) is 22.5. The van der Waals surface area contributed by atoms with Gasteiger partial charge in [0.2, 0.25) is 5.91 Å². The monoisotopic (exact) mass is 541 g/mol. The number of rotatable bonds is 7. The number of carbonyl (C=O) groups excluding carboxylic acids is 2. The molecule has 0 N–H and O–H groups in total. The fourth-order valence-electron chi connectivity index (χ4n) is 4.15. The van der Waals surface area contributed by atoms with Crippen LogP contribution in [0.3, 0.4) is 0 Å². The number of piperazine rings is 1. The third-order valence-corrected chi connectivity index (χ3v) is 6.89. The molecule has 194 valence electrons. The van der Waals surface area contributed by atoms with Gasteiger partial charge in [-0.3, -0.25) is 9.59 Å². The maximum absolute atomic E-state index is 13.1. The number of hydrogen-bond acceptors (Lipinski definition) is 6. The van der Waals surface area contributed by atoms with Crippen molar-refractivity contribution in [1.82, 2.24) is 20.0 Å². The molecule has 0 radical (unpaired) electrons. The fourth-order valence-corrected chi connectivity index (χ4v) is 4.66. The molecule has 0 saturated carbocycles. The molecule has 2 heterocycles. The van der Waals surface area contributed by atoms with Crippen molar-refractivity contribution in [3.05, 3.63) is 70.2 Å². The van der Waals surface area contributed by atoms with Crippen LogP contribution in [0.15, 0.2) is 54.6 Å². The largest absolute Gasteiger partial charge is 0.497 e. The molecule has 1 saturated heterocycles. The van der Waals surface area contributed by atoms with Crippen LogP contribution >= 0.6 is 23.2 Å². The highest BCUT2D eigenvalue weighted by atomic mass is 35.5. The van der Waals surface area contributed by atoms with E-state index in [0.29, 0.717) is 53.2 Å². The predicted molar refractivity (Wildman–Crippen MR) is 145 cm³/mol. The summed E-state index contributed by atoms with van der Waals surface area (Å²) in [6.45, 7) is 6.16. The zero-order valence-electron chi connectivity index (χ0n) is 21.0. The van der Waals surface area contributed by atoms with Crippen LogP contribution < -0.4 is 9.64 Å². The number of carbonyl (C=O) groups is 2. The SMILES string of the molecule is COc1ccc(C(=O)N(CC(=O)N2CCN(c3ccc(-c4ccc(Cl)cc4Cl)nn3)CC2)C(C)C)cc1. The Hall–Kier alpha value is -3.36. The van der Waals surface area contributed by atoms with E-state index in [9.17, 15) is 9.59 Å². The lowest BCUT2D eigenvalue weighted by Crippen LogP contribution is -2.53. The van der Waals surface area contributed by atoms with Crippen LogP contribution in [0.4, 0.5) is 5.82 Å². The number of aromatic nitrogens is 2. The highest BCUT2D eigenvalue weighted by Crippen LogP contribution is 2.29. The molecule has 1 fully saturated rings. The highest BCUT2D eigenvalue weighted by molar-refractivity contribution is 6.36. The summed E-state index contributed by atoms with van der Waals surface area (Å²) in [5.74, 6) is 1.16. The van der Waals surface area contributed by atoms with Crippen LogP contribution in [0.25, 0.3) is 11.3 Å². The van der Waals surface area contributed by atoms with E-state index in [1.165, 1.54) is 0 Å². The molecule has 1 aliphatic heterocycles. The molecule has 8 nitrogen and oxygen atoms in total. The summed E-state index contributed by atoms with van der Waals surface area (Å²) in [4.78, 5) is 31.7. The van der Waals surface area contributed by atoms with Crippen molar-refractivity contribution >= 4 is 40.8 Å². The molecule has 1 aliphatic rings. The van der Waals surface area contributed by atoms with E-state index >= 15 is 0 Å². The molecule has 0 unspecified atom stereocenters. The lowest BCUT2D eigenvalue weighted by Gasteiger charge is -2.36. The Kier molecular flexibility index (Phi) is 8.51. The number of ether oxygens (including phenoxy) is 1. The van der Waals surface area contributed by atoms with Crippen molar-refractivity contribution in [2.24, 2.45) is 0 Å². The fraction of sp³-hybridized carbons (Fsp3) is 0.333. The first-order valence-electron chi connectivity index (χ1n) is 12.0. The number of hydrogen-bond donors (Lipinski definition) is 0. The van der Waals surface area contributed by atoms with E-state index in [2.05, 4.69) is 15.1 Å². The lowest BCUT2D eigenvalue weighted by atomic mass is 10.1. The molecule has 0 aliphatic carbocycles. The summed E-state index contributed by atoms with van der Waals surface area (Å²) in [7, 11) is 1.58. The molecule has 1 aromatic heterocycles. The number of halogens is 2. The number of nitrogens with zero attached hydrogens (tertiary/aromatic N) is 5. The van der Waals surface area contributed by atoms with Gasteiger partial charge in [0.1, 0.15) is 12.3 Å². The first kappa shape index (κ1) is 26.7. The number of amides is 2. The summed E-state index contributed by atoms with van der Waals surface area (Å²) < 4.78 is 5.17. The van der Waals surface area contributed by atoms with Gasteiger partial charge in [-0.05, 0) is 68.4 Å². The van der Waals surface area contributed by atoms with Gasteiger partial charge in [0.05, 0.1) is 17.8 Å². The van der Waals surface area contributed by atoms with E-state index < -0.39 is 0 Å². The molecular formula is C27H29Cl2N5O3. The van der Waals surface area contributed by atoms with Crippen LogP contribution in [0.2, 0.25) is 10.0 Å². The average molecular weight is 542 g/mol. The van der Waals surface area contributed by atoms with Gasteiger partial charge >= 0.3 is 0 Å². The Morgan fingerprint density at radius 3 is 2.24 bits per heavy atom. The minimum absolute atomic E-state index is 0.0267. The molecule has 0 spiro atoms. The van der Waals surface area contributed by atoms with Gasteiger partial charge < -0.3 is 19.4 Å². The van der Waals surface area contributed by atoms with Crippen molar-refractivity contribution in [2.45, 2.75) is 19.9 Å². The first-order chi connectivity index (χ1) is 17.8. The third-order valence-electron chi connectivity index (χ3n) is 6.34. The minimum atomic E-state index is -0.180. The van der Waals surface area contributed by atoms with Gasteiger partial charge in [0.15, 0.2) is 5.82 Å². The number of anilines is 1. The second kappa shape index (κ2) is 11.8. The Labute approximate surface area is 226 Å². The number of benzene rings is 2. The molecule has 4 rings (SSSR count). The average Bonchev–Trinajstić information content (AvgIpc) is 2.91. The van der Waals surface area contributed by atoms with Crippen molar-refractivity contribution in [1.29, 1.82) is 0 Å². The first-order valence-corrected chi connectivity index (χ1v) is 12.8. The lowest BCUT2D eigenvalue weighted by molar-refractivity contribution is -0.132. The summed E-state index contributed by atoms with van der Waals surface area (Å²) in [6.07, 6.45) is 0. The van der Waals surface area contributed by atoms with Gasteiger partial charge in [-0.1, -0.05) is 23.2 Å². The minimum Gasteiger partial charge on any atom is -0.497 e. The van der Waals surface area contributed by atoms with E-state index in [4.69, 9.17) is 27.9 Å². The molecule has 2 aromatic carbocycles. The summed E-state index contributed by atoms with van der Waals surface area (Å²) in [5.41, 5.74) is 1.95. The van der Waals surface area contributed by atoms with Crippen molar-refractivity contribution in [3.8, 4) is 17.0 Å². The van der Waals surface area contributed by atoms with Crippen LogP contribution in [0.5, 0.6) is 5.75 Å². The quantitative estimate of drug-likeness (QED) is 0.432. The summed E-state index contributed by atoms with van der Waals surface area (Å²) in [5, 5.41) is 9.79. The van der Waals surface area contributed by atoms with Gasteiger partial charge in [-0.25, -0.2) is 0 Å². The van der Waals surface area contributed by atoms with Crippen LogP contribution in [0, 0.1) is 0 Å². The third kappa shape index (κ3) is 6.32. The molecular weight excluding hydrogens is 513 g/mol. The maximum atomic E-state index is 13.1. The second-order valence-electron chi connectivity index (χ2n) is 9.02. The number of methoxy groups -OCH3 is 1. The summed E-state index contributed by atoms with van der Waals surface area (Å²) in [6, 6.07) is 15.8. The van der Waals surface area contributed by atoms with E-state index in [-0.39, 0.29) is 24.4 Å². The zero-order chi connectivity index (χ0) is 26.5. The van der Waals surface area contributed by atoms with Crippen molar-refractivity contribution in [3.63, 3.8) is 0 Å². The topological polar surface area (TPSA) is 78.9 Å². The van der Waals surface area contributed by atoms with E-state index in [1.807, 2.05) is 32.0 Å². The van der Waals surface area contributed by atoms with Gasteiger partial charge in [-0.2, -0.15) is 0 Å². The van der Waals surface area contributed by atoms with E-state index in [1.54, 1.807) is 53.3 Å². The molecule has 0 atom stereocenters. The van der Waals surface area contributed by atoms with Gasteiger partial charge in [0, 0.05) is 48.4 Å². The van der Waals surface area contributed by atoms with E-state index in [0.717, 1.165) is 11.4 Å². The molecule has 2 amide bonds. The predicted octanol–water partition coefficient (Wildman–Crippen LogP) is 4.66. The molecule has 0 bridgehead atoms. The van der Waals surface area contributed by atoms with Gasteiger partial charge in [-0.15, -0.1) is 10.2 Å². The Bertz CT molecular complexity index is 1240. The van der Waals surface area contributed by atoms with Crippen molar-refractivity contribution in [2.75, 3.05) is 44.7 Å². The molecule has 37 heavy (non-hydrogen) atoms. The Morgan fingerprint density at radius 2 is 1.68 bits per heavy atom. The Morgan fingerprint density at radius 1 is 0.973 bits per heavy atom. The second-order valence-corrected chi connectivity index (χ2v) is 9.87. The molecule has 3 aromatic rings. The normalized spacial score (nSPS) is 13.6. The highest BCUT2D eigenvalue weighted by Gasteiger charge is 2.27. The van der Waals surface area contributed by atoms with Gasteiger partial charge in [0.25, 0.3) is 5.91 Å². The smallest absolute Gasteiger partial charge is 0.254 e. The van der Waals surface area contributed by atoms with Crippen LogP contribution in [0.1, 0.15) is 24.2 Å². The van der Waals surface area contributed by atoms with Crippen LogP contribution in [-0.2, 0) is 4.79 Å². The Balaban J connectivity index is 1.35.